The number of hydrogen-bond donors (Lipinski definition) is 1. The first-order chi connectivity index (χ1) is 14.8. The SMILES string of the molecule is O=C(O)C1CCN(Cc2ccc3cc(O[C@H]4CC[C@H](C(F)(F)F)CC4)ccc3n2)CC1. The lowest BCUT2D eigenvalue weighted by molar-refractivity contribution is -0.185. The summed E-state index contributed by atoms with van der Waals surface area (Å²) in [5.41, 5.74) is 1.77. The number of pyridine rings is 1. The highest BCUT2D eigenvalue weighted by Crippen LogP contribution is 2.38. The Balaban J connectivity index is 1.34. The molecule has 1 saturated heterocycles. The second kappa shape index (κ2) is 9.02. The van der Waals surface area contributed by atoms with E-state index in [4.69, 9.17) is 14.8 Å². The summed E-state index contributed by atoms with van der Waals surface area (Å²) in [7, 11) is 0. The zero-order valence-corrected chi connectivity index (χ0v) is 17.3. The molecule has 1 saturated carbocycles. The zero-order chi connectivity index (χ0) is 22.0. The number of hydrogen-bond acceptors (Lipinski definition) is 4. The van der Waals surface area contributed by atoms with Crippen molar-refractivity contribution >= 4 is 16.9 Å². The first-order valence-electron chi connectivity index (χ1n) is 10.9. The second-order valence-electron chi connectivity index (χ2n) is 8.68. The lowest BCUT2D eigenvalue weighted by Gasteiger charge is -2.30. The third kappa shape index (κ3) is 5.47. The molecular formula is C23H27F3N2O3. The molecule has 1 aliphatic carbocycles. The Hall–Kier alpha value is -2.35. The van der Waals surface area contributed by atoms with Gasteiger partial charge < -0.3 is 9.84 Å². The molecule has 1 aliphatic heterocycles. The number of aliphatic carboxylic acids is 1. The lowest BCUT2D eigenvalue weighted by atomic mass is 9.87. The van der Waals surface area contributed by atoms with Crippen molar-refractivity contribution in [3.63, 3.8) is 0 Å². The Labute approximate surface area is 179 Å². The van der Waals surface area contributed by atoms with E-state index >= 15 is 0 Å². The summed E-state index contributed by atoms with van der Waals surface area (Å²) in [5, 5.41) is 10.0. The Kier molecular flexibility index (Phi) is 6.36. The van der Waals surface area contributed by atoms with Crippen LogP contribution in [-0.4, -0.2) is 46.3 Å². The van der Waals surface area contributed by atoms with Gasteiger partial charge in [-0.15, -0.1) is 0 Å². The fourth-order valence-corrected chi connectivity index (χ4v) is 4.57. The topological polar surface area (TPSA) is 62.7 Å². The lowest BCUT2D eigenvalue weighted by Crippen LogP contribution is -2.36. The Bertz CT molecular complexity index is 918. The van der Waals surface area contributed by atoms with E-state index in [2.05, 4.69) is 4.90 Å². The fourth-order valence-electron chi connectivity index (χ4n) is 4.57. The Morgan fingerprint density at radius 2 is 1.77 bits per heavy atom. The van der Waals surface area contributed by atoms with Crippen molar-refractivity contribution in [2.45, 2.75) is 57.3 Å². The van der Waals surface area contributed by atoms with Crippen LogP contribution in [0.1, 0.15) is 44.2 Å². The molecule has 0 spiro atoms. The zero-order valence-electron chi connectivity index (χ0n) is 17.3. The molecule has 2 heterocycles. The van der Waals surface area contributed by atoms with E-state index in [1.165, 1.54) is 0 Å². The highest BCUT2D eigenvalue weighted by Gasteiger charge is 2.41. The third-order valence-electron chi connectivity index (χ3n) is 6.48. The van der Waals surface area contributed by atoms with Gasteiger partial charge in [-0.2, -0.15) is 13.2 Å². The smallest absolute Gasteiger partial charge is 0.391 e. The van der Waals surface area contributed by atoms with Gasteiger partial charge in [-0.3, -0.25) is 14.7 Å². The molecule has 0 amide bonds. The minimum atomic E-state index is -4.11. The first kappa shape index (κ1) is 21.9. The van der Waals surface area contributed by atoms with Gasteiger partial charge in [0.05, 0.1) is 29.2 Å². The standard InChI is InChI=1S/C23H27F3N2O3/c24-23(25,26)17-2-5-19(6-3-17)31-20-7-8-21-16(13-20)1-4-18(27-21)14-28-11-9-15(10-12-28)22(29)30/h1,4,7-8,13,15,17,19H,2-3,5-6,9-12,14H2,(H,29,30)/t17-,19-. The van der Waals surface area contributed by atoms with Gasteiger partial charge in [0.15, 0.2) is 0 Å². The number of benzene rings is 1. The molecular weight excluding hydrogens is 409 g/mol. The van der Waals surface area contributed by atoms with Gasteiger partial charge in [-0.1, -0.05) is 6.07 Å². The number of ether oxygens (including phenoxy) is 1. The molecule has 1 aromatic carbocycles. The molecule has 5 nitrogen and oxygen atoms in total. The molecule has 2 aliphatic rings. The number of alkyl halides is 3. The van der Waals surface area contributed by atoms with Crippen molar-refractivity contribution in [2.75, 3.05) is 13.1 Å². The highest BCUT2D eigenvalue weighted by molar-refractivity contribution is 5.80. The predicted molar refractivity (Wildman–Crippen MR) is 110 cm³/mol. The first-order valence-corrected chi connectivity index (χ1v) is 10.9. The summed E-state index contributed by atoms with van der Waals surface area (Å²) in [6.45, 7) is 2.18. The van der Waals surface area contributed by atoms with Crippen LogP contribution in [0.25, 0.3) is 10.9 Å². The van der Waals surface area contributed by atoms with E-state index in [0.717, 1.165) is 29.7 Å². The van der Waals surface area contributed by atoms with E-state index in [9.17, 15) is 18.0 Å². The molecule has 2 aromatic rings. The number of likely N-dealkylation sites (tertiary alicyclic amines) is 1. The number of carboxylic acid groups (broad SMARTS) is 1. The van der Waals surface area contributed by atoms with Gasteiger partial charge in [-0.05, 0) is 75.9 Å². The average Bonchev–Trinajstić information content (AvgIpc) is 2.74. The Morgan fingerprint density at radius 3 is 2.42 bits per heavy atom. The van der Waals surface area contributed by atoms with E-state index < -0.39 is 18.1 Å². The van der Waals surface area contributed by atoms with E-state index in [1.54, 1.807) is 0 Å². The highest BCUT2D eigenvalue weighted by atomic mass is 19.4. The fraction of sp³-hybridized carbons (Fsp3) is 0.565. The largest absolute Gasteiger partial charge is 0.490 e. The number of carbonyl (C=O) groups is 1. The molecule has 1 N–H and O–H groups in total. The number of carboxylic acids is 1. The van der Waals surface area contributed by atoms with Crippen LogP contribution in [0.5, 0.6) is 5.75 Å². The van der Waals surface area contributed by atoms with Gasteiger partial charge in [0.2, 0.25) is 0 Å². The molecule has 0 unspecified atom stereocenters. The van der Waals surface area contributed by atoms with Crippen molar-refractivity contribution in [1.82, 2.24) is 9.88 Å². The van der Waals surface area contributed by atoms with Crippen molar-refractivity contribution in [3.05, 3.63) is 36.0 Å². The maximum atomic E-state index is 12.8. The van der Waals surface area contributed by atoms with E-state index in [-0.39, 0.29) is 24.9 Å². The van der Waals surface area contributed by atoms with Crippen LogP contribution in [0.4, 0.5) is 13.2 Å². The van der Waals surface area contributed by atoms with Crippen molar-refractivity contribution in [3.8, 4) is 5.75 Å². The van der Waals surface area contributed by atoms with Crippen LogP contribution >= 0.6 is 0 Å². The molecule has 0 bridgehead atoms. The molecule has 31 heavy (non-hydrogen) atoms. The maximum absolute atomic E-state index is 12.8. The van der Waals surface area contributed by atoms with Crippen LogP contribution in [0.2, 0.25) is 0 Å². The maximum Gasteiger partial charge on any atom is 0.391 e. The summed E-state index contributed by atoms with van der Waals surface area (Å²) in [5.74, 6) is -1.51. The average molecular weight is 436 g/mol. The van der Waals surface area contributed by atoms with Crippen LogP contribution in [0, 0.1) is 11.8 Å². The molecule has 8 heteroatoms. The van der Waals surface area contributed by atoms with Crippen molar-refractivity contribution in [2.24, 2.45) is 11.8 Å². The summed E-state index contributed by atoms with van der Waals surface area (Å²) in [6, 6.07) is 9.54. The molecule has 168 valence electrons. The summed E-state index contributed by atoms with van der Waals surface area (Å²) in [6.07, 6.45) is -1.90. The molecule has 2 fully saturated rings. The van der Waals surface area contributed by atoms with Crippen molar-refractivity contribution < 1.29 is 27.8 Å². The van der Waals surface area contributed by atoms with Crippen LogP contribution in [0.15, 0.2) is 30.3 Å². The second-order valence-corrected chi connectivity index (χ2v) is 8.68. The van der Waals surface area contributed by atoms with Gasteiger partial charge in [0.25, 0.3) is 0 Å². The minimum absolute atomic E-state index is 0.121. The summed E-state index contributed by atoms with van der Waals surface area (Å²) in [4.78, 5) is 18.0. The van der Waals surface area contributed by atoms with Gasteiger partial charge in [0.1, 0.15) is 5.75 Å². The van der Waals surface area contributed by atoms with Gasteiger partial charge in [0, 0.05) is 11.9 Å². The molecule has 0 atom stereocenters. The van der Waals surface area contributed by atoms with Crippen LogP contribution < -0.4 is 4.74 Å². The monoisotopic (exact) mass is 436 g/mol. The summed E-state index contributed by atoms with van der Waals surface area (Å²) >= 11 is 0. The molecule has 1 aromatic heterocycles. The van der Waals surface area contributed by atoms with Crippen LogP contribution in [0.3, 0.4) is 0 Å². The minimum Gasteiger partial charge on any atom is -0.490 e. The quantitative estimate of drug-likeness (QED) is 0.712. The van der Waals surface area contributed by atoms with E-state index in [0.29, 0.717) is 38.0 Å². The normalized spacial score (nSPS) is 23.7. The predicted octanol–water partition coefficient (Wildman–Crippen LogP) is 5.03. The number of nitrogens with zero attached hydrogens (tertiary/aromatic N) is 2. The number of piperidine rings is 1. The number of rotatable bonds is 5. The number of halogens is 3. The van der Waals surface area contributed by atoms with Gasteiger partial charge in [-0.25, -0.2) is 0 Å². The molecule has 0 radical (unpaired) electrons. The van der Waals surface area contributed by atoms with E-state index in [1.807, 2.05) is 30.3 Å². The van der Waals surface area contributed by atoms with Crippen LogP contribution in [-0.2, 0) is 11.3 Å². The third-order valence-corrected chi connectivity index (χ3v) is 6.48. The molecule has 4 rings (SSSR count). The van der Waals surface area contributed by atoms with Crippen molar-refractivity contribution in [1.29, 1.82) is 0 Å². The Morgan fingerprint density at radius 1 is 1.06 bits per heavy atom. The number of fused-ring (bicyclic) bond motifs is 1. The number of aromatic nitrogens is 1. The van der Waals surface area contributed by atoms with Gasteiger partial charge >= 0.3 is 12.1 Å². The summed E-state index contributed by atoms with van der Waals surface area (Å²) < 4.78 is 44.4.